The first kappa shape index (κ1) is 14.7. The zero-order valence-electron chi connectivity index (χ0n) is 11.7. The van der Waals surface area contributed by atoms with Crippen molar-refractivity contribution < 1.29 is 13.6 Å². The van der Waals surface area contributed by atoms with Crippen LogP contribution in [-0.2, 0) is 11.3 Å². The Bertz CT molecular complexity index is 482. The van der Waals surface area contributed by atoms with Crippen LogP contribution in [0.15, 0.2) is 12.1 Å². The highest BCUT2D eigenvalue weighted by atomic mass is 19.1. The summed E-state index contributed by atoms with van der Waals surface area (Å²) in [7, 11) is 0. The summed E-state index contributed by atoms with van der Waals surface area (Å²) in [5.41, 5.74) is 0.437. The first-order valence-electron chi connectivity index (χ1n) is 6.70. The van der Waals surface area contributed by atoms with Gasteiger partial charge in [0.2, 0.25) is 5.91 Å². The molecule has 2 N–H and O–H groups in total. The Morgan fingerprint density at radius 2 is 2.00 bits per heavy atom. The lowest BCUT2D eigenvalue weighted by molar-refractivity contribution is -0.120. The van der Waals surface area contributed by atoms with Crippen LogP contribution < -0.4 is 15.5 Å². The van der Waals surface area contributed by atoms with Crippen LogP contribution in [0.2, 0.25) is 0 Å². The molecule has 0 spiro atoms. The van der Waals surface area contributed by atoms with E-state index in [9.17, 15) is 13.6 Å². The third kappa shape index (κ3) is 3.45. The smallest absolute Gasteiger partial charge is 0.239 e. The van der Waals surface area contributed by atoms with Gasteiger partial charge in [-0.05, 0) is 17.7 Å². The van der Waals surface area contributed by atoms with Crippen LogP contribution in [0.5, 0.6) is 0 Å². The van der Waals surface area contributed by atoms with Crippen molar-refractivity contribution in [1.82, 2.24) is 10.6 Å². The van der Waals surface area contributed by atoms with E-state index in [0.717, 1.165) is 0 Å². The molecule has 1 aromatic rings. The third-order valence-corrected chi connectivity index (χ3v) is 3.15. The molecule has 1 amide bonds. The van der Waals surface area contributed by atoms with Crippen LogP contribution >= 0.6 is 0 Å². The summed E-state index contributed by atoms with van der Waals surface area (Å²) in [6, 6.07) is 2.88. The average molecular weight is 283 g/mol. The Kier molecular flexibility index (Phi) is 4.54. The summed E-state index contributed by atoms with van der Waals surface area (Å²) < 4.78 is 28.2. The van der Waals surface area contributed by atoms with E-state index in [-0.39, 0.29) is 24.2 Å². The minimum Gasteiger partial charge on any atom is -0.356 e. The van der Waals surface area contributed by atoms with Gasteiger partial charge in [-0.2, -0.15) is 0 Å². The van der Waals surface area contributed by atoms with Gasteiger partial charge in [0, 0.05) is 25.7 Å². The van der Waals surface area contributed by atoms with E-state index >= 15 is 0 Å². The Hall–Kier alpha value is -1.69. The molecule has 0 bridgehead atoms. The number of nitrogens with one attached hydrogen (secondary N) is 2. The number of amides is 1. The molecule has 1 aliphatic rings. The molecule has 1 aliphatic heterocycles. The minimum absolute atomic E-state index is 0.0164. The van der Waals surface area contributed by atoms with Crippen molar-refractivity contribution in [3.8, 4) is 0 Å². The van der Waals surface area contributed by atoms with Crippen LogP contribution in [0.25, 0.3) is 0 Å². The van der Waals surface area contributed by atoms with E-state index in [4.69, 9.17) is 0 Å². The van der Waals surface area contributed by atoms with Crippen LogP contribution in [0, 0.1) is 11.6 Å². The highest BCUT2D eigenvalue weighted by molar-refractivity contribution is 5.82. The highest BCUT2D eigenvalue weighted by Crippen LogP contribution is 2.25. The van der Waals surface area contributed by atoms with Crippen LogP contribution in [-0.4, -0.2) is 31.6 Å². The molecule has 1 aromatic carbocycles. The molecule has 0 aromatic heterocycles. The van der Waals surface area contributed by atoms with Crippen molar-refractivity contribution in [2.75, 3.05) is 24.5 Å². The van der Waals surface area contributed by atoms with Crippen LogP contribution in [0.1, 0.15) is 19.4 Å². The topological polar surface area (TPSA) is 44.4 Å². The monoisotopic (exact) mass is 283 g/mol. The Labute approximate surface area is 117 Å². The zero-order chi connectivity index (χ0) is 14.7. The van der Waals surface area contributed by atoms with Gasteiger partial charge in [0.25, 0.3) is 0 Å². The second-order valence-electron chi connectivity index (χ2n) is 5.22. The maximum Gasteiger partial charge on any atom is 0.239 e. The molecular formula is C14H19F2N3O. The highest BCUT2D eigenvalue weighted by Gasteiger charge is 2.23. The zero-order valence-corrected chi connectivity index (χ0v) is 11.7. The summed E-state index contributed by atoms with van der Waals surface area (Å²) in [4.78, 5) is 12.7. The third-order valence-electron chi connectivity index (χ3n) is 3.15. The lowest BCUT2D eigenvalue weighted by Gasteiger charge is -2.29. The fourth-order valence-corrected chi connectivity index (χ4v) is 2.17. The Morgan fingerprint density at radius 3 is 2.55 bits per heavy atom. The minimum atomic E-state index is -0.625. The molecule has 1 heterocycles. The number of piperazine rings is 1. The van der Waals surface area contributed by atoms with Crippen molar-refractivity contribution in [1.29, 1.82) is 0 Å². The predicted octanol–water partition coefficient (Wildman–Crippen LogP) is 1.40. The van der Waals surface area contributed by atoms with Crippen molar-refractivity contribution in [2.24, 2.45) is 0 Å². The van der Waals surface area contributed by atoms with E-state index < -0.39 is 11.6 Å². The van der Waals surface area contributed by atoms with Gasteiger partial charge in [-0.15, -0.1) is 0 Å². The molecule has 2 rings (SSSR count). The number of halogens is 2. The van der Waals surface area contributed by atoms with Crippen LogP contribution in [0.4, 0.5) is 14.5 Å². The van der Waals surface area contributed by atoms with Crippen molar-refractivity contribution in [3.05, 3.63) is 29.3 Å². The SMILES string of the molecule is CC(C)NCc1cc(F)c(N2CCNC(=O)C2)c(F)c1. The first-order chi connectivity index (χ1) is 9.47. The molecule has 0 radical (unpaired) electrons. The van der Waals surface area contributed by atoms with Crippen molar-refractivity contribution >= 4 is 11.6 Å². The molecule has 110 valence electrons. The van der Waals surface area contributed by atoms with Gasteiger partial charge in [0.15, 0.2) is 0 Å². The lowest BCUT2D eigenvalue weighted by atomic mass is 10.1. The normalized spacial score (nSPS) is 15.7. The van der Waals surface area contributed by atoms with Crippen molar-refractivity contribution in [3.63, 3.8) is 0 Å². The molecule has 6 heteroatoms. The van der Waals surface area contributed by atoms with Gasteiger partial charge >= 0.3 is 0 Å². The fourth-order valence-electron chi connectivity index (χ4n) is 2.17. The predicted molar refractivity (Wildman–Crippen MR) is 73.6 cm³/mol. The maximum atomic E-state index is 14.1. The standard InChI is InChI=1S/C14H19F2N3O/c1-9(2)18-7-10-5-11(15)14(12(16)6-10)19-4-3-17-13(20)8-19/h5-6,9,18H,3-4,7-8H2,1-2H3,(H,17,20). The summed E-state index contributed by atoms with van der Waals surface area (Å²) >= 11 is 0. The van der Waals surface area contributed by atoms with Gasteiger partial charge < -0.3 is 15.5 Å². The number of hydrogen-bond acceptors (Lipinski definition) is 3. The Morgan fingerprint density at radius 1 is 1.35 bits per heavy atom. The number of hydrogen-bond donors (Lipinski definition) is 2. The van der Waals surface area contributed by atoms with Crippen LogP contribution in [0.3, 0.4) is 0 Å². The van der Waals surface area contributed by atoms with E-state index in [2.05, 4.69) is 10.6 Å². The maximum absolute atomic E-state index is 14.1. The summed E-state index contributed by atoms with van der Waals surface area (Å²) in [5, 5.41) is 5.74. The van der Waals surface area contributed by atoms with E-state index in [1.165, 1.54) is 17.0 Å². The van der Waals surface area contributed by atoms with Gasteiger partial charge in [-0.1, -0.05) is 13.8 Å². The molecule has 0 unspecified atom stereocenters. The van der Waals surface area contributed by atoms with Gasteiger partial charge in [-0.25, -0.2) is 8.78 Å². The van der Waals surface area contributed by atoms with E-state index in [1.807, 2.05) is 13.8 Å². The molecule has 1 fully saturated rings. The number of anilines is 1. The number of benzene rings is 1. The Balaban J connectivity index is 2.19. The molecule has 4 nitrogen and oxygen atoms in total. The van der Waals surface area contributed by atoms with E-state index in [0.29, 0.717) is 25.2 Å². The molecule has 0 atom stereocenters. The van der Waals surface area contributed by atoms with Gasteiger partial charge in [0.05, 0.1) is 6.54 Å². The number of carbonyl (C=O) groups excluding carboxylic acids is 1. The molecule has 20 heavy (non-hydrogen) atoms. The van der Waals surface area contributed by atoms with Gasteiger partial charge in [-0.3, -0.25) is 4.79 Å². The second kappa shape index (κ2) is 6.17. The number of carbonyl (C=O) groups is 1. The lowest BCUT2D eigenvalue weighted by Crippen LogP contribution is -2.48. The molecule has 1 saturated heterocycles. The van der Waals surface area contributed by atoms with E-state index in [1.54, 1.807) is 0 Å². The summed E-state index contributed by atoms with van der Waals surface area (Å²) in [6.45, 7) is 5.13. The first-order valence-corrected chi connectivity index (χ1v) is 6.70. The van der Waals surface area contributed by atoms with Crippen molar-refractivity contribution in [2.45, 2.75) is 26.4 Å². The summed E-state index contributed by atoms with van der Waals surface area (Å²) in [5.74, 6) is -1.47. The second-order valence-corrected chi connectivity index (χ2v) is 5.22. The fraction of sp³-hybridized carbons (Fsp3) is 0.500. The van der Waals surface area contributed by atoms with Gasteiger partial charge in [0.1, 0.15) is 17.3 Å². The molecule has 0 saturated carbocycles. The number of rotatable bonds is 4. The summed E-state index contributed by atoms with van der Waals surface area (Å²) in [6.07, 6.45) is 0. The largest absolute Gasteiger partial charge is 0.356 e. The average Bonchev–Trinajstić information content (AvgIpc) is 2.35. The molecule has 0 aliphatic carbocycles. The molecular weight excluding hydrogens is 264 g/mol. The number of nitrogens with zero attached hydrogens (tertiary/aromatic N) is 1. The quantitative estimate of drug-likeness (QED) is 0.878.